The number of aryl methyl sites for hydroxylation is 6. The number of aromatic nitrogens is 4. The number of hydrogen-bond donors (Lipinski definition) is 0. The Hall–Kier alpha value is -7.38. The number of hydrogen-bond acceptors (Lipinski definition) is 8. The summed E-state index contributed by atoms with van der Waals surface area (Å²) >= 11 is 0. The number of ether oxygens (including phenoxy) is 2. The Balaban J connectivity index is 0.00000313. The normalized spacial score (nSPS) is 13.1. The van der Waals surface area contributed by atoms with Crippen molar-refractivity contribution in [3.05, 3.63) is 217 Å². The monoisotopic (exact) mass is 1330 g/mol. The summed E-state index contributed by atoms with van der Waals surface area (Å²) in [6.45, 7) is 17.0. The molecule has 0 fully saturated rings. The van der Waals surface area contributed by atoms with E-state index in [0.717, 1.165) is 67.0 Å². The van der Waals surface area contributed by atoms with E-state index in [2.05, 4.69) is 136 Å². The van der Waals surface area contributed by atoms with Gasteiger partial charge in [-0.05, 0) is 149 Å². The number of anilines is 2. The molecular formula is C62H50N8O2Pt2-6. The van der Waals surface area contributed by atoms with E-state index in [1.54, 1.807) is 0 Å². The molecule has 0 atom stereocenters. The molecule has 0 saturated carbocycles. The second-order valence-corrected chi connectivity index (χ2v) is 18.9. The third-order valence-electron chi connectivity index (χ3n) is 13.3. The van der Waals surface area contributed by atoms with E-state index in [0.29, 0.717) is 23.0 Å². The first kappa shape index (κ1) is 50.2. The maximum absolute atomic E-state index is 6.65. The zero-order valence-corrected chi connectivity index (χ0v) is 46.6. The summed E-state index contributed by atoms with van der Waals surface area (Å²) in [6.07, 6.45) is 11.8. The molecule has 0 amide bonds. The topological polar surface area (TPSA) is 67.1 Å². The van der Waals surface area contributed by atoms with E-state index >= 15 is 0 Å². The summed E-state index contributed by atoms with van der Waals surface area (Å²) in [4.78, 5) is 18.3. The van der Waals surface area contributed by atoms with Crippen LogP contribution in [0.2, 0.25) is 0 Å². The van der Waals surface area contributed by atoms with Crippen LogP contribution >= 0.6 is 0 Å². The molecule has 0 saturated heterocycles. The molecule has 4 aromatic heterocycles. The first-order valence-corrected chi connectivity index (χ1v) is 24.0. The van der Waals surface area contributed by atoms with Gasteiger partial charge in [-0.1, -0.05) is 57.2 Å². The van der Waals surface area contributed by atoms with Crippen LogP contribution < -0.4 is 19.3 Å². The van der Waals surface area contributed by atoms with Crippen LogP contribution in [0.1, 0.15) is 33.4 Å². The maximum Gasteiger partial charge on any atom is 0.135 e. The second-order valence-electron chi connectivity index (χ2n) is 18.9. The Morgan fingerprint density at radius 2 is 0.838 bits per heavy atom. The average Bonchev–Trinajstić information content (AvgIpc) is 4.14. The minimum absolute atomic E-state index is 0. The van der Waals surface area contributed by atoms with Gasteiger partial charge in [0.05, 0.1) is 0 Å². The molecule has 12 heteroatoms. The zero-order valence-electron chi connectivity index (χ0n) is 42.0. The van der Waals surface area contributed by atoms with Gasteiger partial charge in [-0.25, -0.2) is 9.97 Å². The number of rotatable bonds is 10. The maximum atomic E-state index is 6.65. The molecule has 0 aliphatic carbocycles. The summed E-state index contributed by atoms with van der Waals surface area (Å²) < 4.78 is 17.7. The van der Waals surface area contributed by atoms with Crippen LogP contribution in [0, 0.1) is 79.1 Å². The van der Waals surface area contributed by atoms with E-state index in [-0.39, 0.29) is 42.1 Å². The van der Waals surface area contributed by atoms with Crippen molar-refractivity contribution < 1.29 is 51.6 Å². The summed E-state index contributed by atoms with van der Waals surface area (Å²) in [6, 6.07) is 51.8. The number of nitrogens with zero attached hydrogens (tertiary/aromatic N) is 8. The van der Waals surface area contributed by atoms with Gasteiger partial charge >= 0.3 is 0 Å². The fourth-order valence-corrected chi connectivity index (χ4v) is 10.5. The average molecular weight is 1330 g/mol. The van der Waals surface area contributed by atoms with Gasteiger partial charge in [-0.15, -0.1) is 72.0 Å². The van der Waals surface area contributed by atoms with Crippen molar-refractivity contribution in [3.63, 3.8) is 0 Å². The zero-order chi connectivity index (χ0) is 49.4. The Bertz CT molecular complexity index is 3580. The van der Waals surface area contributed by atoms with E-state index < -0.39 is 0 Å². The van der Waals surface area contributed by atoms with E-state index in [1.165, 1.54) is 44.5 Å². The minimum Gasteiger partial charge on any atom is -0.510 e. The molecule has 376 valence electrons. The van der Waals surface area contributed by atoms with Crippen molar-refractivity contribution in [1.29, 1.82) is 0 Å². The molecule has 10 nitrogen and oxygen atoms in total. The molecule has 0 N–H and O–H groups in total. The summed E-state index contributed by atoms with van der Waals surface area (Å²) in [5, 5.41) is 1.85. The second kappa shape index (κ2) is 20.1. The quantitative estimate of drug-likeness (QED) is 0.126. The SMILES string of the molecule is Cc1cc(C)c(-c2ccnc(-n3c4[c-]c(Oc5[c-]c(N6C=CN(C)[CH-]6)ccc5)ccc4c4c3c3ccc(Oc5[c-]c(N6C=CN(C)[CH-]6)ccc5)[c-]c3n4-c3cc(-c4c(C)cc(C)cc4C)ccn3)c2)c(C)c1.[Pt].[Pt]. The van der Waals surface area contributed by atoms with Crippen LogP contribution in [0.3, 0.4) is 0 Å². The largest absolute Gasteiger partial charge is 0.510 e. The molecular weight excluding hydrogens is 1280 g/mol. The Morgan fingerprint density at radius 1 is 0.446 bits per heavy atom. The Kier molecular flexibility index (Phi) is 13.7. The number of benzene rings is 6. The van der Waals surface area contributed by atoms with Gasteiger partial charge in [0, 0.05) is 88.6 Å². The van der Waals surface area contributed by atoms with Gasteiger partial charge in [-0.3, -0.25) is 0 Å². The number of pyridine rings is 2. The molecule has 2 aliphatic rings. The Morgan fingerprint density at radius 3 is 1.22 bits per heavy atom. The van der Waals surface area contributed by atoms with E-state index in [1.807, 2.05) is 133 Å². The van der Waals surface area contributed by atoms with E-state index in [9.17, 15) is 0 Å². The van der Waals surface area contributed by atoms with Crippen LogP contribution in [0.5, 0.6) is 23.0 Å². The first-order chi connectivity index (χ1) is 34.9. The van der Waals surface area contributed by atoms with Crippen molar-refractivity contribution in [3.8, 4) is 56.9 Å². The first-order valence-electron chi connectivity index (χ1n) is 24.0. The standard InChI is InChI=1S/C62H50N8O2.2Pt/c1-39-27-41(3)59(42(4)28-39)45-19-21-63-57(31-45)69-55-35-51(71-49-13-9-11-47(33-49)67-25-23-65(7)37-67)15-17-53(55)62-61(69)54-18-16-52(72-50-14-10-12-48(34-50)68-26-24-66(8)38-68)36-56(54)70(62)58-32-46(20-22-64-58)60-43(5)29-40(2)30-44(60)6;;/h9-32,37-38H,1-8H3;;/q-6;;. The third-order valence-corrected chi connectivity index (χ3v) is 13.3. The van der Waals surface area contributed by atoms with Crippen LogP contribution in [-0.2, 0) is 42.1 Å². The summed E-state index contributed by atoms with van der Waals surface area (Å²) in [5.74, 6) is 3.66. The molecule has 6 aromatic carbocycles. The Labute approximate surface area is 461 Å². The molecule has 0 unspecified atom stereocenters. The molecule has 6 heterocycles. The van der Waals surface area contributed by atoms with Crippen LogP contribution in [0.25, 0.3) is 66.7 Å². The minimum atomic E-state index is 0. The molecule has 12 rings (SSSR count). The van der Waals surface area contributed by atoms with Crippen molar-refractivity contribution in [1.82, 2.24) is 28.9 Å². The van der Waals surface area contributed by atoms with Gasteiger partial charge in [0.1, 0.15) is 11.6 Å². The van der Waals surface area contributed by atoms with Gasteiger partial charge in [0.2, 0.25) is 0 Å². The van der Waals surface area contributed by atoms with Crippen LogP contribution in [0.4, 0.5) is 11.4 Å². The predicted octanol–water partition coefficient (Wildman–Crippen LogP) is 14.2. The molecule has 10 aromatic rings. The van der Waals surface area contributed by atoms with Crippen LogP contribution in [-0.4, -0.2) is 43.0 Å². The van der Waals surface area contributed by atoms with Gasteiger partial charge in [-0.2, -0.15) is 37.6 Å². The smallest absolute Gasteiger partial charge is 0.135 e. The fourth-order valence-electron chi connectivity index (χ4n) is 10.5. The molecule has 2 aliphatic heterocycles. The summed E-state index contributed by atoms with van der Waals surface area (Å²) in [5.41, 5.74) is 16.9. The third kappa shape index (κ3) is 9.20. The molecule has 0 radical (unpaired) electrons. The van der Waals surface area contributed by atoms with Crippen molar-refractivity contribution in [2.45, 2.75) is 41.5 Å². The molecule has 0 bridgehead atoms. The fraction of sp³-hybridized carbons (Fsp3) is 0.129. The van der Waals surface area contributed by atoms with Crippen molar-refractivity contribution >= 4 is 44.2 Å². The molecule has 74 heavy (non-hydrogen) atoms. The number of fused-ring (bicyclic) bond motifs is 5. The van der Waals surface area contributed by atoms with E-state index in [4.69, 9.17) is 19.4 Å². The summed E-state index contributed by atoms with van der Waals surface area (Å²) in [7, 11) is 3.99. The molecule has 0 spiro atoms. The predicted molar refractivity (Wildman–Crippen MR) is 288 cm³/mol. The van der Waals surface area contributed by atoms with Gasteiger partial charge in [0.15, 0.2) is 0 Å². The van der Waals surface area contributed by atoms with Crippen LogP contribution in [0.15, 0.2) is 146 Å². The van der Waals surface area contributed by atoms with Gasteiger partial charge < -0.3 is 38.2 Å². The van der Waals surface area contributed by atoms with Crippen molar-refractivity contribution in [2.75, 3.05) is 23.9 Å². The van der Waals surface area contributed by atoms with Crippen molar-refractivity contribution in [2.24, 2.45) is 0 Å². The van der Waals surface area contributed by atoms with Gasteiger partial charge in [0.25, 0.3) is 0 Å².